The maximum Gasteiger partial charge on any atom is 0.373 e. The number of nitrogens with zero attached hydrogens (tertiary/aromatic N) is 6. The van der Waals surface area contributed by atoms with Gasteiger partial charge in [-0.2, -0.15) is 9.59 Å². The number of ether oxygens (including phenoxy) is 4. The number of nitrogens with one attached hydrogen (secondary N) is 2. The lowest BCUT2D eigenvalue weighted by Crippen LogP contribution is -2.32. The summed E-state index contributed by atoms with van der Waals surface area (Å²) in [5.41, 5.74) is 1.56. The number of hydrogen-bond acceptors (Lipinski definition) is 17. The molecule has 10 rings (SSSR count). The molecule has 3 atom stereocenters. The second kappa shape index (κ2) is 35.0. The fourth-order valence-electron chi connectivity index (χ4n) is 8.42. The van der Waals surface area contributed by atoms with Crippen LogP contribution in [-0.2, 0) is 33.3 Å². The standard InChI is InChI=1S/C17H14O6.2C16H14ClFN4O2.2C5H10O.CO2.2CH4/c18-15(19)14(23-17(21)13-9-5-2-6-10-13)11-22-16(20)12-7-3-1-4-8-12;2*1-7(2)11-12(8(3)4-5-19-11)22-14-9(15(23)21-16(22)24)6-10(18)13(17)20-14;2*1-5-3-2-4-6-5;2-1-3;;/h1-10,14H,11H2,(H,18,19);2*4-7H,1-3H3,(H,21,23,24);2*5H,2-4H2,1H3;;2*1H4/t14-;;;;;;;/m0......./s1. The highest BCUT2D eigenvalue weighted by atomic mass is 35.5. The molecule has 470 valence electrons. The molecule has 3 N–H and O–H groups in total. The van der Waals surface area contributed by atoms with Gasteiger partial charge >= 0.3 is 35.4 Å². The highest BCUT2D eigenvalue weighted by Crippen LogP contribution is 2.28. The number of aromatic amines is 2. The van der Waals surface area contributed by atoms with Gasteiger partial charge in [0.05, 0.1) is 56.9 Å². The van der Waals surface area contributed by atoms with Gasteiger partial charge in [-0.05, 0) is 125 Å². The smallest absolute Gasteiger partial charge is 0.373 e. The third-order valence-electron chi connectivity index (χ3n) is 12.7. The monoisotopic (exact) mass is 1260 g/mol. The Morgan fingerprint density at radius 1 is 0.670 bits per heavy atom. The molecule has 2 aliphatic heterocycles. The molecular formula is C62H70Cl2F2N8O14. The molecule has 2 aliphatic rings. The number of hydrogen-bond donors (Lipinski definition) is 3. The Morgan fingerprint density at radius 2 is 1.05 bits per heavy atom. The normalized spacial score (nSPS) is 14.0. The van der Waals surface area contributed by atoms with E-state index < -0.39 is 75.1 Å². The minimum Gasteiger partial charge on any atom is -0.478 e. The van der Waals surface area contributed by atoms with E-state index in [-0.39, 0.29) is 66.0 Å². The Kier molecular flexibility index (Phi) is 29.2. The van der Waals surface area contributed by atoms with E-state index in [9.17, 15) is 42.3 Å². The number of rotatable bonds is 10. The van der Waals surface area contributed by atoms with E-state index in [1.807, 2.05) is 41.5 Å². The summed E-state index contributed by atoms with van der Waals surface area (Å²) < 4.78 is 49.9. The van der Waals surface area contributed by atoms with Crippen molar-refractivity contribution in [1.29, 1.82) is 0 Å². The maximum atomic E-state index is 13.7. The Morgan fingerprint density at radius 3 is 1.36 bits per heavy atom. The number of aliphatic carboxylic acids is 1. The topological polar surface area (TPSA) is 304 Å². The number of aromatic nitrogens is 8. The lowest BCUT2D eigenvalue weighted by atomic mass is 10.0. The largest absolute Gasteiger partial charge is 0.478 e. The van der Waals surface area contributed by atoms with Gasteiger partial charge in [0.25, 0.3) is 11.1 Å². The molecule has 2 saturated heterocycles. The lowest BCUT2D eigenvalue weighted by Gasteiger charge is -2.17. The van der Waals surface area contributed by atoms with Gasteiger partial charge < -0.3 is 24.1 Å². The maximum absolute atomic E-state index is 13.7. The molecule has 88 heavy (non-hydrogen) atoms. The van der Waals surface area contributed by atoms with Crippen molar-refractivity contribution in [2.75, 3.05) is 19.8 Å². The average molecular weight is 1260 g/mol. The number of benzene rings is 2. The Balaban J connectivity index is 0.000000304. The van der Waals surface area contributed by atoms with Gasteiger partial charge in [-0.15, -0.1) is 0 Å². The van der Waals surface area contributed by atoms with Crippen LogP contribution in [0.5, 0.6) is 0 Å². The van der Waals surface area contributed by atoms with E-state index in [1.54, 1.807) is 60.9 Å². The van der Waals surface area contributed by atoms with Gasteiger partial charge in [-0.3, -0.25) is 29.5 Å². The van der Waals surface area contributed by atoms with Crippen molar-refractivity contribution in [3.8, 4) is 11.4 Å². The van der Waals surface area contributed by atoms with Crippen LogP contribution in [0.15, 0.2) is 117 Å². The summed E-state index contributed by atoms with van der Waals surface area (Å²) in [5, 5.41) is 8.15. The quantitative estimate of drug-likeness (QED) is 0.0846. The number of carboxylic acid groups (broad SMARTS) is 1. The molecule has 2 aromatic carbocycles. The second-order valence-electron chi connectivity index (χ2n) is 19.8. The summed E-state index contributed by atoms with van der Waals surface area (Å²) in [6.45, 7) is 17.0. The van der Waals surface area contributed by atoms with Crippen molar-refractivity contribution in [3.05, 3.63) is 195 Å². The predicted molar refractivity (Wildman–Crippen MR) is 327 cm³/mol. The molecule has 0 aliphatic carbocycles. The summed E-state index contributed by atoms with van der Waals surface area (Å²) in [6.07, 6.45) is 8.12. The zero-order valence-corrected chi connectivity index (χ0v) is 49.5. The van der Waals surface area contributed by atoms with Crippen molar-refractivity contribution in [3.63, 3.8) is 0 Å². The number of pyridine rings is 4. The van der Waals surface area contributed by atoms with E-state index in [2.05, 4.69) is 43.8 Å². The first-order valence-electron chi connectivity index (χ1n) is 26.8. The van der Waals surface area contributed by atoms with E-state index in [1.165, 1.54) is 59.1 Å². The summed E-state index contributed by atoms with van der Waals surface area (Å²) in [7, 11) is 0. The number of fused-ring (bicyclic) bond motifs is 2. The molecule has 2 fully saturated rings. The molecule has 8 heterocycles. The van der Waals surface area contributed by atoms with E-state index in [4.69, 9.17) is 56.8 Å². The highest BCUT2D eigenvalue weighted by Gasteiger charge is 2.26. The third kappa shape index (κ3) is 19.8. The second-order valence-corrected chi connectivity index (χ2v) is 20.5. The van der Waals surface area contributed by atoms with Crippen LogP contribution < -0.4 is 22.5 Å². The SMILES string of the molecule is C.C.CC1CCCO1.CC1CCCO1.Cc1ccnc(C(C)C)c1-n1c(=O)[nH]c(=O)c2cc(F)c(Cl)nc21.Cc1ccnc(C(C)C)c1-n1c(=O)[nH]c(=O)c2cc(F)c(Cl)nc21.O=C(OC[C@H](OC(=O)c1ccccc1)C(=O)O)c1ccccc1.O=C=O. The molecule has 0 radical (unpaired) electrons. The van der Waals surface area contributed by atoms with Crippen molar-refractivity contribution in [2.45, 2.75) is 126 Å². The molecule has 26 heteroatoms. The molecule has 6 aromatic heterocycles. The van der Waals surface area contributed by atoms with Gasteiger partial charge in [0.15, 0.2) is 33.2 Å². The molecular weight excluding hydrogens is 1190 g/mol. The van der Waals surface area contributed by atoms with Crippen LogP contribution in [0.4, 0.5) is 8.78 Å². The zero-order valence-electron chi connectivity index (χ0n) is 48.0. The van der Waals surface area contributed by atoms with Gasteiger partial charge in [-0.25, -0.2) is 51.9 Å². The molecule has 0 saturated carbocycles. The van der Waals surface area contributed by atoms with Crippen LogP contribution in [0, 0.1) is 25.5 Å². The number of esters is 2. The first-order chi connectivity index (χ1) is 40.9. The summed E-state index contributed by atoms with van der Waals surface area (Å²) in [6, 6.07) is 21.5. The van der Waals surface area contributed by atoms with Crippen LogP contribution in [0.1, 0.15) is 137 Å². The van der Waals surface area contributed by atoms with Crippen LogP contribution in [0.3, 0.4) is 0 Å². The number of aryl methyl sites for hydroxylation is 2. The van der Waals surface area contributed by atoms with Crippen LogP contribution in [0.25, 0.3) is 33.4 Å². The van der Waals surface area contributed by atoms with Crippen molar-refractivity contribution in [1.82, 2.24) is 39.0 Å². The summed E-state index contributed by atoms with van der Waals surface area (Å²) >= 11 is 11.5. The minimum absolute atomic E-state index is 0. The fourth-order valence-corrected chi connectivity index (χ4v) is 8.69. The van der Waals surface area contributed by atoms with Gasteiger partial charge in [0, 0.05) is 25.6 Å². The van der Waals surface area contributed by atoms with E-state index in [0.29, 0.717) is 35.0 Å². The van der Waals surface area contributed by atoms with E-state index in [0.717, 1.165) is 36.5 Å². The van der Waals surface area contributed by atoms with Gasteiger partial charge in [0.1, 0.15) is 6.61 Å². The van der Waals surface area contributed by atoms with Gasteiger partial charge in [0.2, 0.25) is 6.10 Å². The fraction of sp³-hybridized carbons (Fsp3) is 0.355. The van der Waals surface area contributed by atoms with Gasteiger partial charge in [-0.1, -0.05) is 102 Å². The molecule has 2 unspecified atom stereocenters. The number of carbonyl (C=O) groups excluding carboxylic acids is 4. The molecule has 8 aromatic rings. The Bertz CT molecular complexity index is 3750. The first kappa shape index (κ1) is 73.3. The number of H-pyrrole nitrogens is 2. The predicted octanol–water partition coefficient (Wildman–Crippen LogP) is 10.6. The molecule has 0 bridgehead atoms. The molecule has 0 spiro atoms. The van der Waals surface area contributed by atoms with Crippen LogP contribution >= 0.6 is 23.2 Å². The zero-order chi connectivity index (χ0) is 63.4. The molecule has 22 nitrogen and oxygen atoms in total. The van der Waals surface area contributed by atoms with Crippen LogP contribution in [-0.4, -0.2) is 106 Å². The van der Waals surface area contributed by atoms with Crippen molar-refractivity contribution in [2.24, 2.45) is 0 Å². The lowest BCUT2D eigenvalue weighted by molar-refractivity contribution is -0.191. The number of carboxylic acids is 1. The third-order valence-corrected chi connectivity index (χ3v) is 13.2. The average Bonchev–Trinajstić information content (AvgIpc) is 1.66. The Hall–Kier alpha value is -8.93. The van der Waals surface area contributed by atoms with Crippen LogP contribution in [0.2, 0.25) is 10.3 Å². The minimum atomic E-state index is -1.57. The van der Waals surface area contributed by atoms with Crippen molar-refractivity contribution < 1.29 is 56.8 Å². The summed E-state index contributed by atoms with van der Waals surface area (Å²) in [5.74, 6) is -4.50. The summed E-state index contributed by atoms with van der Waals surface area (Å²) in [4.78, 5) is 121. The Labute approximate surface area is 514 Å². The number of halogens is 4. The highest BCUT2D eigenvalue weighted by molar-refractivity contribution is 6.30. The van der Waals surface area contributed by atoms with Crippen molar-refractivity contribution >= 4 is 69.3 Å². The number of carbonyl (C=O) groups is 3. The van der Waals surface area contributed by atoms with E-state index >= 15 is 0 Å². The molecule has 0 amide bonds. The first-order valence-corrected chi connectivity index (χ1v) is 27.5.